The molecule has 0 heterocycles. The second kappa shape index (κ2) is 6.93. The van der Waals surface area contributed by atoms with E-state index in [2.05, 4.69) is 5.32 Å². The van der Waals surface area contributed by atoms with Crippen LogP contribution in [0.5, 0.6) is 11.5 Å². The fourth-order valence-electron chi connectivity index (χ4n) is 1.77. The minimum absolute atomic E-state index is 0.344. The highest BCUT2D eigenvalue weighted by Crippen LogP contribution is 2.29. The van der Waals surface area contributed by atoms with E-state index in [0.717, 1.165) is 12.1 Å². The van der Waals surface area contributed by atoms with Crippen molar-refractivity contribution in [2.24, 2.45) is 0 Å². The molecule has 0 saturated carbocycles. The van der Waals surface area contributed by atoms with E-state index < -0.39 is 0 Å². The van der Waals surface area contributed by atoms with Crippen LogP contribution < -0.4 is 10.1 Å². The summed E-state index contributed by atoms with van der Waals surface area (Å²) in [6, 6.07) is 9.44. The lowest BCUT2D eigenvalue weighted by Gasteiger charge is -2.09. The molecule has 0 bridgehead atoms. The summed E-state index contributed by atoms with van der Waals surface area (Å²) in [5, 5.41) is 4.08. The third-order valence-electron chi connectivity index (χ3n) is 2.58. The van der Waals surface area contributed by atoms with E-state index in [4.69, 9.17) is 27.9 Å². The monoisotopic (exact) mass is 313 g/mol. The van der Waals surface area contributed by atoms with Crippen LogP contribution in [0, 0.1) is 5.82 Å². The predicted octanol–water partition coefficient (Wildman–Crippen LogP) is 5.03. The molecule has 0 aliphatic carbocycles. The molecule has 0 aromatic heterocycles. The first-order valence-electron chi connectivity index (χ1n) is 6.21. The van der Waals surface area contributed by atoms with E-state index in [1.54, 1.807) is 24.3 Å². The third-order valence-corrected chi connectivity index (χ3v) is 3.02. The van der Waals surface area contributed by atoms with Gasteiger partial charge < -0.3 is 10.1 Å². The molecular formula is C15H14Cl2FNO. The first-order chi connectivity index (χ1) is 9.56. The van der Waals surface area contributed by atoms with Crippen molar-refractivity contribution >= 4 is 23.2 Å². The molecule has 20 heavy (non-hydrogen) atoms. The molecular weight excluding hydrogens is 300 g/mol. The molecule has 0 amide bonds. The average Bonchev–Trinajstić information content (AvgIpc) is 2.34. The zero-order chi connectivity index (χ0) is 14.5. The molecule has 0 fully saturated rings. The van der Waals surface area contributed by atoms with E-state index >= 15 is 0 Å². The summed E-state index contributed by atoms with van der Waals surface area (Å²) in [5.74, 6) is 0.544. The van der Waals surface area contributed by atoms with Gasteiger partial charge in [-0.1, -0.05) is 30.1 Å². The summed E-state index contributed by atoms with van der Waals surface area (Å²) in [7, 11) is 0. The molecule has 2 rings (SSSR count). The van der Waals surface area contributed by atoms with E-state index in [1.165, 1.54) is 12.1 Å². The summed E-state index contributed by atoms with van der Waals surface area (Å²) in [5.41, 5.74) is 0.815. The molecule has 106 valence electrons. The minimum atomic E-state index is -0.344. The van der Waals surface area contributed by atoms with Crippen molar-refractivity contribution in [3.63, 3.8) is 0 Å². The molecule has 2 aromatic rings. The average molecular weight is 314 g/mol. The van der Waals surface area contributed by atoms with Gasteiger partial charge >= 0.3 is 0 Å². The van der Waals surface area contributed by atoms with Gasteiger partial charge in [-0.15, -0.1) is 0 Å². The highest BCUT2D eigenvalue weighted by Gasteiger charge is 2.05. The molecule has 0 unspecified atom stereocenters. The number of halogens is 3. The summed E-state index contributed by atoms with van der Waals surface area (Å²) < 4.78 is 19.2. The van der Waals surface area contributed by atoms with Crippen molar-refractivity contribution in [1.82, 2.24) is 5.32 Å². The van der Waals surface area contributed by atoms with Crippen molar-refractivity contribution in [3.8, 4) is 11.5 Å². The Morgan fingerprint density at radius 2 is 1.65 bits per heavy atom. The molecule has 0 radical (unpaired) electrons. The Morgan fingerprint density at radius 1 is 1.00 bits per heavy atom. The number of hydrogen-bond acceptors (Lipinski definition) is 2. The second-order valence-corrected chi connectivity index (χ2v) is 5.16. The van der Waals surface area contributed by atoms with Gasteiger partial charge in [0.2, 0.25) is 0 Å². The maximum Gasteiger partial charge on any atom is 0.130 e. The lowest BCUT2D eigenvalue weighted by Crippen LogP contribution is -2.11. The Balaban J connectivity index is 2.21. The molecule has 1 N–H and O–H groups in total. The van der Waals surface area contributed by atoms with Crippen molar-refractivity contribution < 1.29 is 9.13 Å². The van der Waals surface area contributed by atoms with Gasteiger partial charge in [-0.3, -0.25) is 0 Å². The minimum Gasteiger partial charge on any atom is -0.457 e. The fraction of sp³-hybridized carbons (Fsp3) is 0.200. The number of rotatable bonds is 5. The standard InChI is InChI=1S/C15H14Cl2FNO/c1-2-19-9-10-3-13(18)8-14(4-10)20-15-6-11(16)5-12(17)7-15/h3-8,19H,2,9H2,1H3. The van der Waals surface area contributed by atoms with Crippen LogP contribution in [-0.2, 0) is 6.54 Å². The van der Waals surface area contributed by atoms with Gasteiger partial charge in [0.1, 0.15) is 17.3 Å². The van der Waals surface area contributed by atoms with E-state index in [1.807, 2.05) is 6.92 Å². The summed E-state index contributed by atoms with van der Waals surface area (Å²) in [6.07, 6.45) is 0. The first-order valence-corrected chi connectivity index (χ1v) is 6.96. The Morgan fingerprint density at radius 3 is 2.30 bits per heavy atom. The van der Waals surface area contributed by atoms with E-state index in [0.29, 0.717) is 28.1 Å². The number of hydrogen-bond donors (Lipinski definition) is 1. The van der Waals surface area contributed by atoms with Crippen molar-refractivity contribution in [3.05, 3.63) is 57.8 Å². The van der Waals surface area contributed by atoms with Crippen molar-refractivity contribution in [2.45, 2.75) is 13.5 Å². The lowest BCUT2D eigenvalue weighted by atomic mass is 10.2. The van der Waals surface area contributed by atoms with Crippen LogP contribution in [0.25, 0.3) is 0 Å². The van der Waals surface area contributed by atoms with Crippen molar-refractivity contribution in [1.29, 1.82) is 0 Å². The number of ether oxygens (including phenoxy) is 1. The zero-order valence-corrected chi connectivity index (χ0v) is 12.4. The molecule has 2 aromatic carbocycles. The van der Waals surface area contributed by atoms with Crippen LogP contribution in [0.3, 0.4) is 0 Å². The van der Waals surface area contributed by atoms with Gasteiger partial charge in [-0.05, 0) is 42.4 Å². The molecule has 0 spiro atoms. The summed E-state index contributed by atoms with van der Waals surface area (Å²) >= 11 is 11.8. The Bertz CT molecular complexity index is 584. The number of nitrogens with one attached hydrogen (secondary N) is 1. The van der Waals surface area contributed by atoms with Gasteiger partial charge in [0.05, 0.1) is 0 Å². The van der Waals surface area contributed by atoms with Gasteiger partial charge in [0.15, 0.2) is 0 Å². The lowest BCUT2D eigenvalue weighted by molar-refractivity contribution is 0.475. The predicted molar refractivity (Wildman–Crippen MR) is 80.3 cm³/mol. The topological polar surface area (TPSA) is 21.3 Å². The third kappa shape index (κ3) is 4.37. The van der Waals surface area contributed by atoms with E-state index in [9.17, 15) is 4.39 Å². The first kappa shape index (κ1) is 15.1. The summed E-state index contributed by atoms with van der Waals surface area (Å²) in [6.45, 7) is 3.39. The Labute approximate surface area is 127 Å². The summed E-state index contributed by atoms with van der Waals surface area (Å²) in [4.78, 5) is 0. The molecule has 2 nitrogen and oxygen atoms in total. The fourth-order valence-corrected chi connectivity index (χ4v) is 2.28. The largest absolute Gasteiger partial charge is 0.457 e. The van der Waals surface area contributed by atoms with Gasteiger partial charge in [-0.2, -0.15) is 0 Å². The van der Waals surface area contributed by atoms with Crippen LogP contribution in [0.15, 0.2) is 36.4 Å². The Kier molecular flexibility index (Phi) is 5.24. The maximum absolute atomic E-state index is 13.6. The van der Waals surface area contributed by atoms with Gasteiger partial charge in [-0.25, -0.2) is 4.39 Å². The number of benzene rings is 2. The smallest absolute Gasteiger partial charge is 0.130 e. The van der Waals surface area contributed by atoms with Crippen LogP contribution in [0.4, 0.5) is 4.39 Å². The molecule has 0 atom stereocenters. The Hall–Kier alpha value is -1.29. The highest BCUT2D eigenvalue weighted by atomic mass is 35.5. The van der Waals surface area contributed by atoms with Crippen molar-refractivity contribution in [2.75, 3.05) is 6.54 Å². The molecule has 5 heteroatoms. The normalized spacial score (nSPS) is 10.6. The SMILES string of the molecule is CCNCc1cc(F)cc(Oc2cc(Cl)cc(Cl)c2)c1. The van der Waals surface area contributed by atoms with E-state index in [-0.39, 0.29) is 5.82 Å². The highest BCUT2D eigenvalue weighted by molar-refractivity contribution is 6.34. The molecule has 0 aliphatic heterocycles. The van der Waals surface area contributed by atoms with Gasteiger partial charge in [0, 0.05) is 22.7 Å². The molecule has 0 saturated heterocycles. The second-order valence-electron chi connectivity index (χ2n) is 4.28. The van der Waals surface area contributed by atoms with Gasteiger partial charge in [0.25, 0.3) is 0 Å². The van der Waals surface area contributed by atoms with Crippen LogP contribution in [-0.4, -0.2) is 6.54 Å². The van der Waals surface area contributed by atoms with Crippen LogP contribution in [0.2, 0.25) is 10.0 Å². The quantitative estimate of drug-likeness (QED) is 0.835. The van der Waals surface area contributed by atoms with Crippen LogP contribution in [0.1, 0.15) is 12.5 Å². The van der Waals surface area contributed by atoms with Crippen LogP contribution >= 0.6 is 23.2 Å². The molecule has 0 aliphatic rings. The zero-order valence-electron chi connectivity index (χ0n) is 10.9. The maximum atomic E-state index is 13.6.